The first-order valence-corrected chi connectivity index (χ1v) is 8.67. The van der Waals surface area contributed by atoms with Gasteiger partial charge in [0.25, 0.3) is 0 Å². The third-order valence-corrected chi connectivity index (χ3v) is 6.50. The summed E-state index contributed by atoms with van der Waals surface area (Å²) in [5.74, 6) is 0. The van der Waals surface area contributed by atoms with Gasteiger partial charge < -0.3 is 4.74 Å². The lowest BCUT2D eigenvalue weighted by molar-refractivity contribution is -0.0640. The van der Waals surface area contributed by atoms with E-state index < -0.39 is 15.6 Å². The van der Waals surface area contributed by atoms with Crippen LogP contribution in [0.1, 0.15) is 18.7 Å². The van der Waals surface area contributed by atoms with Crippen LogP contribution in [0, 0.1) is 6.92 Å². The van der Waals surface area contributed by atoms with Crippen LogP contribution in [0.3, 0.4) is 0 Å². The molecular formula is C11H16BrNO3S2. The second kappa shape index (κ2) is 4.86. The second-order valence-corrected chi connectivity index (χ2v) is 9.46. The molecule has 0 aliphatic carbocycles. The molecule has 0 spiro atoms. The Bertz CT molecular complexity index is 551. The van der Waals surface area contributed by atoms with Crippen LogP contribution in [-0.4, -0.2) is 38.0 Å². The Kier molecular flexibility index (Phi) is 3.91. The monoisotopic (exact) mass is 353 g/mol. The van der Waals surface area contributed by atoms with Crippen molar-refractivity contribution in [3.63, 3.8) is 0 Å². The fraction of sp³-hybridized carbons (Fsp3) is 0.636. The fourth-order valence-electron chi connectivity index (χ4n) is 2.00. The number of hydrogen-bond acceptors (Lipinski definition) is 4. The van der Waals surface area contributed by atoms with E-state index in [1.165, 1.54) is 15.6 Å². The van der Waals surface area contributed by atoms with E-state index in [0.717, 1.165) is 8.66 Å². The van der Waals surface area contributed by atoms with Crippen molar-refractivity contribution in [2.75, 3.05) is 19.7 Å². The molecule has 0 bridgehead atoms. The van der Waals surface area contributed by atoms with E-state index >= 15 is 0 Å². The van der Waals surface area contributed by atoms with Crippen LogP contribution >= 0.6 is 27.3 Å². The Morgan fingerprint density at radius 1 is 1.50 bits per heavy atom. The lowest BCUT2D eigenvalue weighted by Crippen LogP contribution is -2.50. The average Bonchev–Trinajstić information content (AvgIpc) is 2.57. The zero-order valence-corrected chi connectivity index (χ0v) is 13.8. The topological polar surface area (TPSA) is 46.6 Å². The maximum absolute atomic E-state index is 12.6. The lowest BCUT2D eigenvalue weighted by Gasteiger charge is -2.37. The summed E-state index contributed by atoms with van der Waals surface area (Å²) in [5, 5.41) is 0. The molecule has 1 aromatic heterocycles. The summed E-state index contributed by atoms with van der Waals surface area (Å²) >= 11 is 4.77. The highest BCUT2D eigenvalue weighted by Gasteiger charge is 2.36. The molecule has 18 heavy (non-hydrogen) atoms. The van der Waals surface area contributed by atoms with Gasteiger partial charge in [0.15, 0.2) is 0 Å². The molecule has 0 N–H and O–H groups in total. The van der Waals surface area contributed by atoms with E-state index in [1.54, 1.807) is 6.07 Å². The molecule has 0 saturated carbocycles. The van der Waals surface area contributed by atoms with Crippen LogP contribution in [0.4, 0.5) is 0 Å². The number of ether oxygens (including phenoxy) is 1. The zero-order chi connectivity index (χ0) is 13.6. The summed E-state index contributed by atoms with van der Waals surface area (Å²) in [5.41, 5.74) is -0.424. The van der Waals surface area contributed by atoms with Gasteiger partial charge in [-0.25, -0.2) is 8.42 Å². The number of thiophene rings is 1. The van der Waals surface area contributed by atoms with E-state index in [-0.39, 0.29) is 0 Å². The predicted octanol–water partition coefficient (Wildman–Crippen LogP) is 2.62. The van der Waals surface area contributed by atoms with Gasteiger partial charge in [-0.15, -0.1) is 11.3 Å². The van der Waals surface area contributed by atoms with Crippen LogP contribution in [-0.2, 0) is 14.8 Å². The second-order valence-electron chi connectivity index (χ2n) is 4.92. The van der Waals surface area contributed by atoms with E-state index in [2.05, 4.69) is 15.9 Å². The number of hydrogen-bond donors (Lipinski definition) is 0. The van der Waals surface area contributed by atoms with Crippen LogP contribution < -0.4 is 0 Å². The first-order chi connectivity index (χ1) is 8.22. The third kappa shape index (κ3) is 2.80. The van der Waals surface area contributed by atoms with Crippen LogP contribution in [0.2, 0.25) is 0 Å². The van der Waals surface area contributed by atoms with E-state index in [9.17, 15) is 8.42 Å². The molecule has 102 valence electrons. The van der Waals surface area contributed by atoms with Crippen molar-refractivity contribution in [3.8, 4) is 0 Å². The summed E-state index contributed by atoms with van der Waals surface area (Å²) in [6.45, 7) is 6.89. The number of rotatable bonds is 2. The van der Waals surface area contributed by atoms with Gasteiger partial charge in [-0.1, -0.05) is 0 Å². The minimum Gasteiger partial charge on any atom is -0.373 e. The van der Waals surface area contributed by atoms with Crippen molar-refractivity contribution in [2.45, 2.75) is 31.3 Å². The van der Waals surface area contributed by atoms with Crippen LogP contribution in [0.15, 0.2) is 14.7 Å². The first kappa shape index (κ1) is 14.5. The minimum atomic E-state index is -3.41. The summed E-state index contributed by atoms with van der Waals surface area (Å²) < 4.78 is 33.0. The van der Waals surface area contributed by atoms with Gasteiger partial charge in [0, 0.05) is 18.0 Å². The SMILES string of the molecule is Cc1sc(Br)cc1S(=O)(=O)N1CCOC(C)(C)C1. The molecule has 0 atom stereocenters. The van der Waals surface area contributed by atoms with Crippen molar-refractivity contribution >= 4 is 37.3 Å². The molecular weight excluding hydrogens is 338 g/mol. The van der Waals surface area contributed by atoms with Crippen molar-refractivity contribution in [3.05, 3.63) is 14.7 Å². The minimum absolute atomic E-state index is 0.391. The Balaban J connectivity index is 2.34. The normalized spacial score (nSPS) is 21.1. The lowest BCUT2D eigenvalue weighted by atomic mass is 10.1. The van der Waals surface area contributed by atoms with Gasteiger partial charge in [-0.2, -0.15) is 4.31 Å². The van der Waals surface area contributed by atoms with Crippen LogP contribution in [0.5, 0.6) is 0 Å². The van der Waals surface area contributed by atoms with Crippen molar-refractivity contribution in [1.29, 1.82) is 0 Å². The highest BCUT2D eigenvalue weighted by molar-refractivity contribution is 9.11. The largest absolute Gasteiger partial charge is 0.373 e. The Morgan fingerprint density at radius 3 is 2.67 bits per heavy atom. The summed E-state index contributed by atoms with van der Waals surface area (Å²) in [7, 11) is -3.41. The Morgan fingerprint density at radius 2 is 2.17 bits per heavy atom. The fourth-order valence-corrected chi connectivity index (χ4v) is 5.96. The first-order valence-electron chi connectivity index (χ1n) is 5.62. The zero-order valence-electron chi connectivity index (χ0n) is 10.6. The average molecular weight is 354 g/mol. The quantitative estimate of drug-likeness (QED) is 0.820. The standard InChI is InChI=1S/C11H16BrNO3S2/c1-8-9(6-10(12)17-8)18(14,15)13-4-5-16-11(2,3)7-13/h6H,4-5,7H2,1-3H3. The molecule has 0 amide bonds. The number of nitrogens with zero attached hydrogens (tertiary/aromatic N) is 1. The summed E-state index contributed by atoms with van der Waals surface area (Å²) in [6, 6.07) is 1.68. The molecule has 1 aliphatic rings. The summed E-state index contributed by atoms with van der Waals surface area (Å²) in [6.07, 6.45) is 0. The highest BCUT2D eigenvalue weighted by Crippen LogP contribution is 2.32. The molecule has 1 aromatic rings. The van der Waals surface area contributed by atoms with Crippen molar-refractivity contribution in [1.82, 2.24) is 4.31 Å². The third-order valence-electron chi connectivity index (χ3n) is 2.85. The van der Waals surface area contributed by atoms with Gasteiger partial charge in [0.2, 0.25) is 10.0 Å². The Hall–Kier alpha value is 0.0500. The molecule has 2 heterocycles. The smallest absolute Gasteiger partial charge is 0.244 e. The molecule has 1 aliphatic heterocycles. The van der Waals surface area contributed by atoms with E-state index in [4.69, 9.17) is 4.74 Å². The number of morpholine rings is 1. The highest BCUT2D eigenvalue weighted by atomic mass is 79.9. The maximum Gasteiger partial charge on any atom is 0.244 e. The predicted molar refractivity (Wildman–Crippen MR) is 75.5 cm³/mol. The molecule has 1 fully saturated rings. The molecule has 0 unspecified atom stereocenters. The van der Waals surface area contributed by atoms with Crippen LogP contribution in [0.25, 0.3) is 0 Å². The molecule has 1 saturated heterocycles. The van der Waals surface area contributed by atoms with Crippen molar-refractivity contribution < 1.29 is 13.2 Å². The number of aryl methyl sites for hydroxylation is 1. The van der Waals surface area contributed by atoms with Gasteiger partial charge in [-0.3, -0.25) is 0 Å². The van der Waals surface area contributed by atoms with E-state index in [1.807, 2.05) is 20.8 Å². The Labute approximate surface area is 120 Å². The van der Waals surface area contributed by atoms with Gasteiger partial charge in [0.05, 0.1) is 20.9 Å². The van der Waals surface area contributed by atoms with E-state index in [0.29, 0.717) is 24.6 Å². The molecule has 0 radical (unpaired) electrons. The molecule has 0 aromatic carbocycles. The van der Waals surface area contributed by atoms with Crippen molar-refractivity contribution in [2.24, 2.45) is 0 Å². The number of sulfonamides is 1. The summed E-state index contributed by atoms with van der Waals surface area (Å²) in [4.78, 5) is 1.21. The van der Waals surface area contributed by atoms with Gasteiger partial charge in [-0.05, 0) is 42.8 Å². The molecule has 2 rings (SSSR count). The molecule has 4 nitrogen and oxygen atoms in total. The van der Waals surface area contributed by atoms with Gasteiger partial charge >= 0.3 is 0 Å². The number of halogens is 1. The van der Waals surface area contributed by atoms with Gasteiger partial charge in [0.1, 0.15) is 0 Å². The maximum atomic E-state index is 12.6. The molecule has 7 heteroatoms.